The Balaban J connectivity index is 2.01. The maximum atomic E-state index is 11.9. The molecule has 2 rings (SSSR count). The van der Waals surface area contributed by atoms with Crippen LogP contribution in [-0.2, 0) is 16.6 Å². The Morgan fingerprint density at radius 3 is 2.71 bits per heavy atom. The highest BCUT2D eigenvalue weighted by atomic mass is 32.2. The van der Waals surface area contributed by atoms with Crippen LogP contribution in [-0.4, -0.2) is 31.8 Å². The second-order valence-corrected chi connectivity index (χ2v) is 6.98. The number of furan rings is 1. The third-order valence-corrected chi connectivity index (χ3v) is 4.83. The monoisotopic (exact) mass is 309 g/mol. The van der Waals surface area contributed by atoms with Crippen LogP contribution in [0, 0.1) is 0 Å². The largest absolute Gasteiger partial charge is 0.447 e. The van der Waals surface area contributed by atoms with Gasteiger partial charge in [-0.3, -0.25) is 4.98 Å². The zero-order valence-electron chi connectivity index (χ0n) is 12.3. The van der Waals surface area contributed by atoms with Gasteiger partial charge in [0.2, 0.25) is 5.09 Å². The minimum absolute atomic E-state index is 0.0432. The molecule has 0 saturated carbocycles. The number of aromatic nitrogens is 1. The lowest BCUT2D eigenvalue weighted by Gasteiger charge is -2.12. The maximum Gasteiger partial charge on any atom is 0.275 e. The summed E-state index contributed by atoms with van der Waals surface area (Å²) in [4.78, 5) is 4.07. The molecular formula is C14H19N3O3S. The average Bonchev–Trinajstić information content (AvgIpc) is 2.95. The van der Waals surface area contributed by atoms with Crippen molar-refractivity contribution in [1.29, 1.82) is 0 Å². The number of hydrogen-bond acceptors (Lipinski definition) is 5. The van der Waals surface area contributed by atoms with Crippen LogP contribution in [0.25, 0.3) is 0 Å². The fraction of sp³-hybridized carbons (Fsp3) is 0.357. The second-order valence-electron chi connectivity index (χ2n) is 4.90. The van der Waals surface area contributed by atoms with Crippen LogP contribution in [0.15, 0.2) is 46.2 Å². The fourth-order valence-electron chi connectivity index (χ4n) is 1.78. The van der Waals surface area contributed by atoms with Crippen molar-refractivity contribution < 1.29 is 12.8 Å². The number of sulfonamides is 1. The van der Waals surface area contributed by atoms with Gasteiger partial charge in [-0.05, 0) is 30.7 Å². The lowest BCUT2D eigenvalue weighted by atomic mass is 10.1. The first-order valence-electron chi connectivity index (χ1n) is 6.56. The van der Waals surface area contributed by atoms with Crippen LogP contribution in [0.5, 0.6) is 0 Å². The third kappa shape index (κ3) is 3.69. The molecule has 0 spiro atoms. The highest BCUT2D eigenvalue weighted by Gasteiger charge is 2.21. The summed E-state index contributed by atoms with van der Waals surface area (Å²) >= 11 is 0. The van der Waals surface area contributed by atoms with Crippen LogP contribution < -0.4 is 5.32 Å². The van der Waals surface area contributed by atoms with E-state index in [-0.39, 0.29) is 11.1 Å². The van der Waals surface area contributed by atoms with Crippen molar-refractivity contribution in [2.24, 2.45) is 0 Å². The van der Waals surface area contributed by atoms with Gasteiger partial charge < -0.3 is 9.73 Å². The Morgan fingerprint density at radius 2 is 2.10 bits per heavy atom. The van der Waals surface area contributed by atoms with Crippen molar-refractivity contribution in [3.05, 3.63) is 48.0 Å². The van der Waals surface area contributed by atoms with Gasteiger partial charge in [0.05, 0.1) is 6.54 Å². The highest BCUT2D eigenvalue weighted by molar-refractivity contribution is 7.88. The molecule has 6 nitrogen and oxygen atoms in total. The van der Waals surface area contributed by atoms with E-state index >= 15 is 0 Å². The number of hydrogen-bond donors (Lipinski definition) is 1. The van der Waals surface area contributed by atoms with E-state index < -0.39 is 10.0 Å². The summed E-state index contributed by atoms with van der Waals surface area (Å²) in [6, 6.07) is 7.09. The minimum Gasteiger partial charge on any atom is -0.447 e. The van der Waals surface area contributed by atoms with E-state index in [4.69, 9.17) is 4.42 Å². The number of pyridine rings is 1. The normalized spacial score (nSPS) is 13.5. The summed E-state index contributed by atoms with van der Waals surface area (Å²) in [6.45, 7) is 2.45. The van der Waals surface area contributed by atoms with Crippen molar-refractivity contribution in [3.8, 4) is 0 Å². The summed E-state index contributed by atoms with van der Waals surface area (Å²) in [7, 11) is -0.573. The summed E-state index contributed by atoms with van der Waals surface area (Å²) in [6.07, 6.45) is 3.52. The minimum atomic E-state index is -3.52. The van der Waals surface area contributed by atoms with Crippen LogP contribution in [0.1, 0.15) is 24.3 Å². The molecular weight excluding hydrogens is 290 g/mol. The molecule has 1 unspecified atom stereocenters. The van der Waals surface area contributed by atoms with Crippen molar-refractivity contribution in [1.82, 2.24) is 14.6 Å². The zero-order valence-corrected chi connectivity index (χ0v) is 13.1. The Hall–Kier alpha value is -1.70. The van der Waals surface area contributed by atoms with E-state index in [2.05, 4.69) is 10.3 Å². The maximum absolute atomic E-state index is 11.9. The van der Waals surface area contributed by atoms with Gasteiger partial charge in [-0.15, -0.1) is 0 Å². The Labute approximate surface area is 124 Å². The van der Waals surface area contributed by atoms with Crippen molar-refractivity contribution in [3.63, 3.8) is 0 Å². The molecule has 0 aliphatic carbocycles. The van der Waals surface area contributed by atoms with E-state index in [9.17, 15) is 8.42 Å². The SMILES string of the molecule is CC(NCc1ccc(S(=O)(=O)N(C)C)o1)c1cccnc1. The predicted octanol–water partition coefficient (Wildman–Crippen LogP) is 1.78. The fourth-order valence-corrected chi connectivity index (χ4v) is 2.59. The molecule has 114 valence electrons. The van der Waals surface area contributed by atoms with Gasteiger partial charge in [0.25, 0.3) is 10.0 Å². The van der Waals surface area contributed by atoms with Gasteiger partial charge in [0.15, 0.2) is 0 Å². The zero-order chi connectivity index (χ0) is 15.5. The molecule has 1 N–H and O–H groups in total. The highest BCUT2D eigenvalue weighted by Crippen LogP contribution is 2.18. The number of nitrogens with zero attached hydrogens (tertiary/aromatic N) is 2. The smallest absolute Gasteiger partial charge is 0.275 e. The van der Waals surface area contributed by atoms with E-state index in [0.29, 0.717) is 12.3 Å². The molecule has 2 heterocycles. The van der Waals surface area contributed by atoms with Crippen LogP contribution >= 0.6 is 0 Å². The van der Waals surface area contributed by atoms with Crippen LogP contribution in [0.2, 0.25) is 0 Å². The molecule has 0 amide bonds. The van der Waals surface area contributed by atoms with Crippen LogP contribution in [0.3, 0.4) is 0 Å². The van der Waals surface area contributed by atoms with Gasteiger partial charge in [-0.2, -0.15) is 0 Å². The molecule has 0 fully saturated rings. The third-order valence-electron chi connectivity index (χ3n) is 3.14. The van der Waals surface area contributed by atoms with E-state index in [1.165, 1.54) is 20.2 Å². The molecule has 2 aromatic rings. The second kappa shape index (κ2) is 6.38. The lowest BCUT2D eigenvalue weighted by molar-refractivity contribution is 0.382. The first-order valence-corrected chi connectivity index (χ1v) is 8.00. The first kappa shape index (κ1) is 15.7. The standard InChI is InChI=1S/C14H19N3O3S/c1-11(12-5-4-8-15-9-12)16-10-13-6-7-14(20-13)21(18,19)17(2)3/h4-9,11,16H,10H2,1-3H3. The van der Waals surface area contributed by atoms with Crippen LogP contribution in [0.4, 0.5) is 0 Å². The van der Waals surface area contributed by atoms with Gasteiger partial charge in [0, 0.05) is 32.5 Å². The molecule has 2 aromatic heterocycles. The molecule has 21 heavy (non-hydrogen) atoms. The topological polar surface area (TPSA) is 75.4 Å². The molecule has 0 saturated heterocycles. The number of rotatable bonds is 6. The summed E-state index contributed by atoms with van der Waals surface area (Å²) in [5.41, 5.74) is 1.06. The Bertz CT molecular complexity index is 680. The Morgan fingerprint density at radius 1 is 1.33 bits per heavy atom. The molecule has 0 bridgehead atoms. The molecule has 0 aliphatic heterocycles. The Kier molecular flexibility index (Phi) is 4.76. The average molecular weight is 309 g/mol. The van der Waals surface area contributed by atoms with E-state index in [0.717, 1.165) is 9.87 Å². The lowest BCUT2D eigenvalue weighted by Crippen LogP contribution is -2.21. The molecule has 0 radical (unpaired) electrons. The predicted molar refractivity (Wildman–Crippen MR) is 79.1 cm³/mol. The summed E-state index contributed by atoms with van der Waals surface area (Å²) in [5, 5.41) is 3.22. The van der Waals surface area contributed by atoms with E-state index in [1.807, 2.05) is 19.1 Å². The van der Waals surface area contributed by atoms with Crippen molar-refractivity contribution >= 4 is 10.0 Å². The summed E-state index contributed by atoms with van der Waals surface area (Å²) < 4.78 is 30.3. The van der Waals surface area contributed by atoms with Gasteiger partial charge >= 0.3 is 0 Å². The quantitative estimate of drug-likeness (QED) is 0.880. The van der Waals surface area contributed by atoms with Gasteiger partial charge in [-0.25, -0.2) is 12.7 Å². The van der Waals surface area contributed by atoms with Crippen molar-refractivity contribution in [2.45, 2.75) is 24.6 Å². The molecule has 0 aromatic carbocycles. The van der Waals surface area contributed by atoms with Gasteiger partial charge in [0.1, 0.15) is 5.76 Å². The summed E-state index contributed by atoms with van der Waals surface area (Å²) in [5.74, 6) is 0.575. The molecule has 0 aliphatic rings. The van der Waals surface area contributed by atoms with Crippen molar-refractivity contribution in [2.75, 3.05) is 14.1 Å². The first-order chi connectivity index (χ1) is 9.91. The number of nitrogens with one attached hydrogen (secondary N) is 1. The van der Waals surface area contributed by atoms with Gasteiger partial charge in [-0.1, -0.05) is 6.07 Å². The molecule has 1 atom stereocenters. The van der Waals surface area contributed by atoms with E-state index in [1.54, 1.807) is 18.5 Å². The molecule has 7 heteroatoms.